The number of carbonyl (C=O) groups excluding carboxylic acids is 2. The summed E-state index contributed by atoms with van der Waals surface area (Å²) in [5, 5.41) is 3.88. The fraction of sp³-hybridized carbons (Fsp3) is 0.355. The summed E-state index contributed by atoms with van der Waals surface area (Å²) in [6.07, 6.45) is 4.18. The molecule has 224 valence electrons. The summed E-state index contributed by atoms with van der Waals surface area (Å²) in [6, 6.07) is 18.5. The fourth-order valence-corrected chi connectivity index (χ4v) is 7.02. The van der Waals surface area contributed by atoms with Gasteiger partial charge in [-0.15, -0.1) is 0 Å². The molecule has 1 atom stereocenters. The molecule has 1 fully saturated rings. The van der Waals surface area contributed by atoms with E-state index in [4.69, 9.17) is 27.9 Å². The van der Waals surface area contributed by atoms with Crippen molar-refractivity contribution in [3.8, 4) is 5.75 Å². The Balaban J connectivity index is 1.72. The van der Waals surface area contributed by atoms with Crippen LogP contribution in [0.5, 0.6) is 5.75 Å². The predicted octanol–water partition coefficient (Wildman–Crippen LogP) is 6.06. The zero-order chi connectivity index (χ0) is 30.3. The maximum absolute atomic E-state index is 14.2. The van der Waals surface area contributed by atoms with Crippen LogP contribution in [-0.2, 0) is 26.2 Å². The molecular weight excluding hydrogens is 597 g/mol. The zero-order valence-electron chi connectivity index (χ0n) is 23.6. The van der Waals surface area contributed by atoms with Crippen molar-refractivity contribution in [1.82, 2.24) is 10.2 Å². The SMILES string of the molecule is CCC(C(=O)NC1CCCC1)N(Cc1ccc(Cl)cc1Cl)C(=O)CN(c1ccc(OC)cc1)S(=O)(=O)c1ccccc1. The van der Waals surface area contributed by atoms with Crippen LogP contribution >= 0.6 is 23.2 Å². The number of rotatable bonds is 12. The van der Waals surface area contributed by atoms with Gasteiger partial charge in [-0.3, -0.25) is 13.9 Å². The van der Waals surface area contributed by atoms with E-state index in [0.29, 0.717) is 27.8 Å². The van der Waals surface area contributed by atoms with Crippen molar-refractivity contribution in [2.45, 2.75) is 62.6 Å². The third-order valence-corrected chi connectivity index (χ3v) is 9.79. The highest BCUT2D eigenvalue weighted by atomic mass is 35.5. The lowest BCUT2D eigenvalue weighted by molar-refractivity contribution is -0.140. The van der Waals surface area contributed by atoms with E-state index in [1.165, 1.54) is 24.1 Å². The van der Waals surface area contributed by atoms with Crippen LogP contribution in [0.3, 0.4) is 0 Å². The van der Waals surface area contributed by atoms with Gasteiger partial charge in [0, 0.05) is 22.6 Å². The summed E-state index contributed by atoms with van der Waals surface area (Å²) in [5.74, 6) is -0.287. The molecule has 1 unspecified atom stereocenters. The molecule has 11 heteroatoms. The lowest BCUT2D eigenvalue weighted by Gasteiger charge is -2.34. The second-order valence-electron chi connectivity index (χ2n) is 10.2. The van der Waals surface area contributed by atoms with Gasteiger partial charge >= 0.3 is 0 Å². The molecule has 42 heavy (non-hydrogen) atoms. The Bertz CT molecular complexity index is 1480. The predicted molar refractivity (Wildman–Crippen MR) is 165 cm³/mol. The molecule has 1 saturated carbocycles. The van der Waals surface area contributed by atoms with E-state index in [1.54, 1.807) is 60.7 Å². The molecule has 0 spiro atoms. The van der Waals surface area contributed by atoms with Crippen molar-refractivity contribution in [3.63, 3.8) is 0 Å². The van der Waals surface area contributed by atoms with Crippen LogP contribution < -0.4 is 14.4 Å². The molecule has 0 aromatic heterocycles. The summed E-state index contributed by atoms with van der Waals surface area (Å²) in [6.45, 7) is 1.28. The van der Waals surface area contributed by atoms with Crippen LogP contribution in [0.1, 0.15) is 44.6 Å². The van der Waals surface area contributed by atoms with Crippen LogP contribution in [0.15, 0.2) is 77.7 Å². The number of halogens is 2. The van der Waals surface area contributed by atoms with Crippen LogP contribution in [-0.4, -0.2) is 50.9 Å². The number of hydrogen-bond donors (Lipinski definition) is 1. The first-order valence-corrected chi connectivity index (χ1v) is 16.1. The van der Waals surface area contributed by atoms with Gasteiger partial charge in [-0.25, -0.2) is 8.42 Å². The van der Waals surface area contributed by atoms with E-state index in [1.807, 2.05) is 6.92 Å². The third-order valence-electron chi connectivity index (χ3n) is 7.41. The Labute approximate surface area is 257 Å². The van der Waals surface area contributed by atoms with Crippen molar-refractivity contribution in [2.75, 3.05) is 18.0 Å². The van der Waals surface area contributed by atoms with Crippen LogP contribution in [0.25, 0.3) is 0 Å². The summed E-state index contributed by atoms with van der Waals surface area (Å²) in [7, 11) is -2.65. The molecule has 1 N–H and O–H groups in total. The topological polar surface area (TPSA) is 96.0 Å². The second-order valence-corrected chi connectivity index (χ2v) is 12.9. The number of methoxy groups -OCH3 is 1. The average Bonchev–Trinajstić information content (AvgIpc) is 3.50. The number of benzene rings is 3. The molecule has 3 aromatic rings. The van der Waals surface area contributed by atoms with Crippen molar-refractivity contribution in [3.05, 3.63) is 88.4 Å². The summed E-state index contributed by atoms with van der Waals surface area (Å²) in [5.41, 5.74) is 0.865. The number of carbonyl (C=O) groups is 2. The van der Waals surface area contributed by atoms with E-state index < -0.39 is 28.5 Å². The summed E-state index contributed by atoms with van der Waals surface area (Å²) < 4.78 is 34.1. The van der Waals surface area contributed by atoms with Crippen molar-refractivity contribution < 1.29 is 22.7 Å². The largest absolute Gasteiger partial charge is 0.497 e. The van der Waals surface area contributed by atoms with Gasteiger partial charge in [-0.2, -0.15) is 0 Å². The van der Waals surface area contributed by atoms with Crippen molar-refractivity contribution in [1.29, 1.82) is 0 Å². The average molecular weight is 633 g/mol. The third kappa shape index (κ3) is 7.56. The molecule has 0 saturated heterocycles. The highest BCUT2D eigenvalue weighted by Crippen LogP contribution is 2.28. The molecule has 2 amide bonds. The minimum atomic E-state index is -4.16. The smallest absolute Gasteiger partial charge is 0.264 e. The van der Waals surface area contributed by atoms with Gasteiger partial charge in [0.2, 0.25) is 11.8 Å². The van der Waals surface area contributed by atoms with Gasteiger partial charge in [0.05, 0.1) is 17.7 Å². The number of nitrogens with zero attached hydrogens (tertiary/aromatic N) is 2. The lowest BCUT2D eigenvalue weighted by atomic mass is 10.1. The maximum atomic E-state index is 14.2. The fourth-order valence-electron chi connectivity index (χ4n) is 5.12. The number of anilines is 1. The van der Waals surface area contributed by atoms with Gasteiger partial charge < -0.3 is 15.0 Å². The highest BCUT2D eigenvalue weighted by molar-refractivity contribution is 7.92. The van der Waals surface area contributed by atoms with Gasteiger partial charge in [-0.1, -0.05) is 67.2 Å². The number of nitrogens with one attached hydrogen (secondary N) is 1. The summed E-state index contributed by atoms with van der Waals surface area (Å²) >= 11 is 12.6. The van der Waals surface area contributed by atoms with E-state index in [9.17, 15) is 18.0 Å². The molecular formula is C31H35Cl2N3O5S. The quantitative estimate of drug-likeness (QED) is 0.262. The number of sulfonamides is 1. The number of amides is 2. The normalized spacial score (nSPS) is 14.3. The molecule has 4 rings (SSSR count). The molecule has 0 heterocycles. The van der Waals surface area contributed by atoms with Crippen LogP contribution in [0.4, 0.5) is 5.69 Å². The minimum absolute atomic E-state index is 0.00668. The Kier molecular flexibility index (Phi) is 10.8. The molecule has 3 aromatic carbocycles. The standard InChI is InChI=1S/C31H35Cl2N3O5S/c1-3-29(31(38)34-24-9-7-8-10-24)35(20-22-13-14-23(32)19-28(22)33)30(37)21-36(25-15-17-26(41-2)18-16-25)42(39,40)27-11-5-4-6-12-27/h4-6,11-19,24,29H,3,7-10,20-21H2,1-2H3,(H,34,38). The molecule has 1 aliphatic carbocycles. The van der Waals surface area contributed by atoms with E-state index in [-0.39, 0.29) is 29.1 Å². The Morgan fingerprint density at radius 2 is 1.67 bits per heavy atom. The maximum Gasteiger partial charge on any atom is 0.264 e. The van der Waals surface area contributed by atoms with Crippen molar-refractivity contribution in [2.24, 2.45) is 0 Å². The first-order chi connectivity index (χ1) is 20.1. The molecule has 0 bridgehead atoms. The molecule has 8 nitrogen and oxygen atoms in total. The Hall–Kier alpha value is -3.27. The number of ether oxygens (including phenoxy) is 1. The molecule has 0 radical (unpaired) electrons. The molecule has 1 aliphatic rings. The Morgan fingerprint density at radius 1 is 1.00 bits per heavy atom. The van der Waals surface area contributed by atoms with E-state index in [0.717, 1.165) is 30.0 Å². The Morgan fingerprint density at radius 3 is 2.26 bits per heavy atom. The second kappa shape index (κ2) is 14.3. The molecule has 0 aliphatic heterocycles. The van der Waals surface area contributed by atoms with Crippen LogP contribution in [0.2, 0.25) is 10.0 Å². The van der Waals surface area contributed by atoms with Gasteiger partial charge in [0.25, 0.3) is 10.0 Å². The zero-order valence-corrected chi connectivity index (χ0v) is 26.0. The van der Waals surface area contributed by atoms with Crippen molar-refractivity contribution >= 4 is 50.7 Å². The first kappa shape index (κ1) is 31.7. The van der Waals surface area contributed by atoms with Crippen LogP contribution in [0, 0.1) is 0 Å². The first-order valence-electron chi connectivity index (χ1n) is 13.9. The number of hydrogen-bond acceptors (Lipinski definition) is 5. The highest BCUT2D eigenvalue weighted by Gasteiger charge is 2.34. The monoisotopic (exact) mass is 631 g/mol. The van der Waals surface area contributed by atoms with Gasteiger partial charge in [0.15, 0.2) is 0 Å². The van der Waals surface area contributed by atoms with Gasteiger partial charge in [-0.05, 0) is 73.4 Å². The summed E-state index contributed by atoms with van der Waals surface area (Å²) in [4.78, 5) is 29.2. The van der Waals surface area contributed by atoms with E-state index >= 15 is 0 Å². The lowest BCUT2D eigenvalue weighted by Crippen LogP contribution is -2.53. The van der Waals surface area contributed by atoms with Gasteiger partial charge in [0.1, 0.15) is 18.3 Å². The minimum Gasteiger partial charge on any atom is -0.497 e. The van der Waals surface area contributed by atoms with E-state index in [2.05, 4.69) is 5.32 Å².